The van der Waals surface area contributed by atoms with E-state index in [9.17, 15) is 9.18 Å². The lowest BCUT2D eigenvalue weighted by Gasteiger charge is -2.10. The van der Waals surface area contributed by atoms with Crippen LogP contribution in [0, 0.1) is 12.7 Å². The molecule has 0 aliphatic carbocycles. The third-order valence-electron chi connectivity index (χ3n) is 1.96. The average Bonchev–Trinajstić information content (AvgIpc) is 2.21. The van der Waals surface area contributed by atoms with Crippen LogP contribution in [0.2, 0.25) is 0 Å². The number of hydrogen-bond donors (Lipinski definition) is 2. The first-order valence-corrected chi connectivity index (χ1v) is 4.81. The molecule has 1 rings (SSSR count). The molecule has 1 aromatic carbocycles. The summed E-state index contributed by atoms with van der Waals surface area (Å²) in [4.78, 5) is 11.4. The Morgan fingerprint density at radius 1 is 1.56 bits per heavy atom. The molecule has 0 fully saturated rings. The van der Waals surface area contributed by atoms with E-state index >= 15 is 0 Å². The molecule has 0 saturated carbocycles. The fourth-order valence-electron chi connectivity index (χ4n) is 1.20. The molecule has 1 aromatic rings. The number of rotatable bonds is 2. The first-order valence-electron chi connectivity index (χ1n) is 4.40. The Morgan fingerprint density at radius 2 is 2.19 bits per heavy atom. The van der Waals surface area contributed by atoms with Crippen LogP contribution in [0.25, 0.3) is 0 Å². The fraction of sp³-hybridized carbons (Fsp3) is 0.200. The monoisotopic (exact) mass is 242 g/mol. The Labute approximate surface area is 97.6 Å². The van der Waals surface area contributed by atoms with E-state index < -0.39 is 11.8 Å². The van der Waals surface area contributed by atoms with Crippen molar-refractivity contribution in [1.82, 2.24) is 0 Å². The highest BCUT2D eigenvalue weighted by Crippen LogP contribution is 2.21. The van der Waals surface area contributed by atoms with Crippen LogP contribution in [0.4, 0.5) is 10.1 Å². The molecule has 0 unspecified atom stereocenters. The van der Waals surface area contributed by atoms with Gasteiger partial charge < -0.3 is 15.8 Å². The Morgan fingerprint density at radius 3 is 2.69 bits per heavy atom. The van der Waals surface area contributed by atoms with Crippen molar-refractivity contribution in [3.8, 4) is 0 Å². The van der Waals surface area contributed by atoms with Gasteiger partial charge in [0.25, 0.3) is 0 Å². The van der Waals surface area contributed by atoms with E-state index in [1.165, 1.54) is 13.2 Å². The number of nitrogens with two attached hydrogens (primary N) is 1. The van der Waals surface area contributed by atoms with E-state index in [0.717, 1.165) is 6.07 Å². The number of aryl methyl sites for hydroxylation is 1. The number of carbonyl (C=O) groups is 1. The molecule has 0 atom stereocenters. The molecule has 86 valence electrons. The van der Waals surface area contributed by atoms with Gasteiger partial charge in [0, 0.05) is 0 Å². The van der Waals surface area contributed by atoms with Gasteiger partial charge in [-0.2, -0.15) is 0 Å². The molecule has 0 amide bonds. The minimum atomic E-state index is -0.582. The molecular weight excluding hydrogens is 231 g/mol. The summed E-state index contributed by atoms with van der Waals surface area (Å²) in [5.74, 6) is -1.03. The smallest absolute Gasteiger partial charge is 0.339 e. The predicted molar refractivity (Wildman–Crippen MR) is 62.9 cm³/mol. The molecule has 0 aliphatic rings. The number of esters is 1. The summed E-state index contributed by atoms with van der Waals surface area (Å²) in [5, 5.41) is 2.48. The lowest BCUT2D eigenvalue weighted by Crippen LogP contribution is -2.21. The maximum absolute atomic E-state index is 13.3. The van der Waals surface area contributed by atoms with Gasteiger partial charge in [-0.3, -0.25) is 0 Å². The molecule has 16 heavy (non-hydrogen) atoms. The van der Waals surface area contributed by atoms with E-state index in [0.29, 0.717) is 5.56 Å². The van der Waals surface area contributed by atoms with E-state index in [1.807, 2.05) is 0 Å². The number of ether oxygens (including phenoxy) is 1. The fourth-order valence-corrected chi connectivity index (χ4v) is 1.31. The topological polar surface area (TPSA) is 64.3 Å². The number of thiocarbonyl (C=S) groups is 1. The molecule has 0 aliphatic heterocycles. The summed E-state index contributed by atoms with van der Waals surface area (Å²) in [5.41, 5.74) is 6.00. The Hall–Kier alpha value is -1.69. The zero-order valence-electron chi connectivity index (χ0n) is 8.83. The number of benzene rings is 1. The van der Waals surface area contributed by atoms with Gasteiger partial charge in [0.15, 0.2) is 5.11 Å². The van der Waals surface area contributed by atoms with Crippen molar-refractivity contribution < 1.29 is 13.9 Å². The molecular formula is C10H11FN2O2S. The van der Waals surface area contributed by atoms with E-state index in [4.69, 9.17) is 5.73 Å². The third kappa shape index (κ3) is 2.66. The molecule has 0 bridgehead atoms. The van der Waals surface area contributed by atoms with E-state index in [-0.39, 0.29) is 16.4 Å². The van der Waals surface area contributed by atoms with Gasteiger partial charge in [-0.1, -0.05) is 0 Å². The predicted octanol–water partition coefficient (Wildman–Crippen LogP) is 1.58. The second kappa shape index (κ2) is 4.89. The van der Waals surface area contributed by atoms with Gasteiger partial charge >= 0.3 is 5.97 Å². The first-order chi connectivity index (χ1) is 7.45. The van der Waals surface area contributed by atoms with Crippen LogP contribution < -0.4 is 11.1 Å². The van der Waals surface area contributed by atoms with Gasteiger partial charge in [-0.05, 0) is 36.8 Å². The van der Waals surface area contributed by atoms with Crippen LogP contribution in [0.3, 0.4) is 0 Å². The Bertz CT molecular complexity index is 449. The van der Waals surface area contributed by atoms with Crippen LogP contribution in [-0.2, 0) is 4.74 Å². The van der Waals surface area contributed by atoms with Crippen LogP contribution >= 0.6 is 12.2 Å². The molecule has 0 heterocycles. The SMILES string of the molecule is COC(=O)c1cc(C)c(F)cc1NC(N)=S. The Kier molecular flexibility index (Phi) is 3.78. The highest BCUT2D eigenvalue weighted by Gasteiger charge is 2.15. The van der Waals surface area contributed by atoms with Gasteiger partial charge in [0.1, 0.15) is 5.82 Å². The van der Waals surface area contributed by atoms with Crippen LogP contribution in [-0.4, -0.2) is 18.2 Å². The summed E-state index contributed by atoms with van der Waals surface area (Å²) in [6, 6.07) is 2.53. The molecule has 0 radical (unpaired) electrons. The van der Waals surface area contributed by atoms with Crippen LogP contribution in [0.15, 0.2) is 12.1 Å². The zero-order valence-corrected chi connectivity index (χ0v) is 9.65. The molecule has 0 spiro atoms. The minimum Gasteiger partial charge on any atom is -0.465 e. The highest BCUT2D eigenvalue weighted by atomic mass is 32.1. The van der Waals surface area contributed by atoms with Crippen molar-refractivity contribution in [1.29, 1.82) is 0 Å². The normalized spacial score (nSPS) is 9.69. The second-order valence-corrected chi connectivity index (χ2v) is 3.57. The number of hydrogen-bond acceptors (Lipinski definition) is 3. The summed E-state index contributed by atoms with van der Waals surface area (Å²) in [7, 11) is 1.24. The van der Waals surface area contributed by atoms with Crippen molar-refractivity contribution >= 4 is 29.0 Å². The second-order valence-electron chi connectivity index (χ2n) is 3.13. The lowest BCUT2D eigenvalue weighted by molar-refractivity contribution is 0.0602. The number of halogens is 1. The maximum atomic E-state index is 13.3. The molecule has 6 heteroatoms. The van der Waals surface area contributed by atoms with Crippen molar-refractivity contribution in [2.45, 2.75) is 6.92 Å². The number of methoxy groups -OCH3 is 1. The van der Waals surface area contributed by atoms with Crippen LogP contribution in [0.1, 0.15) is 15.9 Å². The van der Waals surface area contributed by atoms with Gasteiger partial charge in [-0.25, -0.2) is 9.18 Å². The molecule has 0 aromatic heterocycles. The van der Waals surface area contributed by atoms with Gasteiger partial charge in [0.05, 0.1) is 18.4 Å². The van der Waals surface area contributed by atoms with E-state index in [2.05, 4.69) is 22.3 Å². The molecule has 4 nitrogen and oxygen atoms in total. The zero-order chi connectivity index (χ0) is 12.3. The summed E-state index contributed by atoms with van der Waals surface area (Å²) in [6.45, 7) is 1.55. The first kappa shape index (κ1) is 12.4. The Balaban J connectivity index is 3.27. The maximum Gasteiger partial charge on any atom is 0.339 e. The largest absolute Gasteiger partial charge is 0.465 e. The van der Waals surface area contributed by atoms with Crippen molar-refractivity contribution in [3.63, 3.8) is 0 Å². The van der Waals surface area contributed by atoms with Crippen molar-refractivity contribution in [2.24, 2.45) is 5.73 Å². The number of carbonyl (C=O) groups excluding carboxylic acids is 1. The molecule has 3 N–H and O–H groups in total. The number of anilines is 1. The van der Waals surface area contributed by atoms with Crippen LogP contribution in [0.5, 0.6) is 0 Å². The van der Waals surface area contributed by atoms with Crippen molar-refractivity contribution in [3.05, 3.63) is 29.1 Å². The quantitative estimate of drug-likeness (QED) is 0.609. The standard InChI is InChI=1S/C10H11FN2O2S/c1-5-3-6(9(14)15-2)8(4-7(5)11)13-10(12)16/h3-4H,1-2H3,(H3,12,13,16). The van der Waals surface area contributed by atoms with Gasteiger partial charge in [0.2, 0.25) is 0 Å². The number of nitrogens with one attached hydrogen (secondary N) is 1. The lowest BCUT2D eigenvalue weighted by atomic mass is 10.1. The summed E-state index contributed by atoms with van der Waals surface area (Å²) in [6.07, 6.45) is 0. The average molecular weight is 242 g/mol. The highest BCUT2D eigenvalue weighted by molar-refractivity contribution is 7.80. The van der Waals surface area contributed by atoms with Gasteiger partial charge in [-0.15, -0.1) is 0 Å². The van der Waals surface area contributed by atoms with Crippen molar-refractivity contribution in [2.75, 3.05) is 12.4 Å². The summed E-state index contributed by atoms with van der Waals surface area (Å²) < 4.78 is 17.9. The molecule has 0 saturated heterocycles. The summed E-state index contributed by atoms with van der Waals surface area (Å²) >= 11 is 4.63. The van der Waals surface area contributed by atoms with E-state index in [1.54, 1.807) is 6.92 Å². The minimum absolute atomic E-state index is 0.0478. The third-order valence-corrected chi connectivity index (χ3v) is 2.06.